The van der Waals surface area contributed by atoms with Gasteiger partial charge in [0.25, 0.3) is 5.91 Å². The summed E-state index contributed by atoms with van der Waals surface area (Å²) >= 11 is 3.39. The van der Waals surface area contributed by atoms with Crippen LogP contribution in [-0.4, -0.2) is 37.8 Å². The Morgan fingerprint density at radius 2 is 1.58 bits per heavy atom. The van der Waals surface area contributed by atoms with E-state index in [1.54, 1.807) is 23.1 Å². The number of hydrogen-bond acceptors (Lipinski definition) is 9. The molecule has 10 heteroatoms. The number of para-hydroxylation sites is 3. The molecule has 2 N–H and O–H groups in total. The molecule has 1 fully saturated rings. The Morgan fingerprint density at radius 1 is 0.867 bits per heavy atom. The maximum Gasteiger partial charge on any atom is 0.275 e. The maximum atomic E-state index is 12.9. The quantitative estimate of drug-likeness (QED) is 0.165. The zero-order valence-electron chi connectivity index (χ0n) is 24.4. The molecular weight excluding hydrogens is 605 g/mol. The standard InChI is InChI=1S/C35H30N4O4S2/c1-21-30(20-44-35-39-28-8-4-5-9-31(28)45-35)42-34(43-32(21)23-12-10-22(19-40)11-13-23)24-14-16-25(17-15-24)37-33(41)29-18-36-26-6-2-3-7-27(26)38-29/h2-18,21,30,32,34,40H,19-20H2,1H3,(H,37,41)/t21-,30+,32+,34+/m0/s1. The van der Waals surface area contributed by atoms with Crippen molar-refractivity contribution in [2.24, 2.45) is 5.92 Å². The van der Waals surface area contributed by atoms with Crippen molar-refractivity contribution in [3.63, 3.8) is 0 Å². The lowest BCUT2D eigenvalue weighted by atomic mass is 9.91. The van der Waals surface area contributed by atoms with Crippen LogP contribution in [0.4, 0.5) is 5.69 Å². The molecule has 0 bridgehead atoms. The molecule has 1 amide bonds. The molecule has 0 spiro atoms. The number of carbonyl (C=O) groups is 1. The van der Waals surface area contributed by atoms with Gasteiger partial charge in [-0.15, -0.1) is 11.3 Å². The van der Waals surface area contributed by atoms with Gasteiger partial charge in [0.2, 0.25) is 0 Å². The van der Waals surface area contributed by atoms with Crippen LogP contribution in [0.1, 0.15) is 46.5 Å². The van der Waals surface area contributed by atoms with Crippen molar-refractivity contribution >= 4 is 55.9 Å². The number of aromatic nitrogens is 3. The van der Waals surface area contributed by atoms with Gasteiger partial charge >= 0.3 is 0 Å². The van der Waals surface area contributed by atoms with Crippen LogP contribution in [0, 0.1) is 5.92 Å². The van der Waals surface area contributed by atoms with Gasteiger partial charge in [0.1, 0.15) is 5.69 Å². The fourth-order valence-electron chi connectivity index (χ4n) is 5.36. The van der Waals surface area contributed by atoms with E-state index in [2.05, 4.69) is 28.3 Å². The van der Waals surface area contributed by atoms with Gasteiger partial charge in [-0.05, 0) is 47.5 Å². The van der Waals surface area contributed by atoms with Crippen LogP contribution in [0.2, 0.25) is 0 Å². The molecular formula is C35H30N4O4S2. The van der Waals surface area contributed by atoms with Crippen LogP contribution in [0.3, 0.4) is 0 Å². The van der Waals surface area contributed by atoms with Crippen LogP contribution < -0.4 is 5.32 Å². The fraction of sp³-hybridized carbons (Fsp3) is 0.200. The number of aliphatic hydroxyl groups excluding tert-OH is 1. The molecule has 45 heavy (non-hydrogen) atoms. The van der Waals surface area contributed by atoms with Gasteiger partial charge in [-0.2, -0.15) is 0 Å². The minimum atomic E-state index is -0.610. The largest absolute Gasteiger partial charge is 0.392 e. The number of hydrogen-bond donors (Lipinski definition) is 2. The first kappa shape index (κ1) is 29.5. The number of thioether (sulfide) groups is 1. The summed E-state index contributed by atoms with van der Waals surface area (Å²) in [5.41, 5.74) is 6.00. The Morgan fingerprint density at radius 3 is 2.33 bits per heavy atom. The van der Waals surface area contributed by atoms with E-state index in [9.17, 15) is 9.90 Å². The summed E-state index contributed by atoms with van der Waals surface area (Å²) < 4.78 is 15.4. The number of ether oxygens (including phenoxy) is 2. The van der Waals surface area contributed by atoms with E-state index >= 15 is 0 Å². The van der Waals surface area contributed by atoms with Gasteiger partial charge in [-0.25, -0.2) is 9.97 Å². The Bertz CT molecular complexity index is 1920. The molecule has 1 aliphatic rings. The van der Waals surface area contributed by atoms with E-state index in [0.717, 1.165) is 32.1 Å². The molecule has 6 aromatic rings. The topological polar surface area (TPSA) is 106 Å². The van der Waals surface area contributed by atoms with E-state index < -0.39 is 6.29 Å². The predicted octanol–water partition coefficient (Wildman–Crippen LogP) is 7.57. The highest BCUT2D eigenvalue weighted by Crippen LogP contribution is 2.43. The summed E-state index contributed by atoms with van der Waals surface area (Å²) in [6.45, 7) is 2.14. The Balaban J connectivity index is 1.09. The number of carbonyl (C=O) groups excluding carboxylic acids is 1. The molecule has 0 unspecified atom stereocenters. The molecule has 4 atom stereocenters. The minimum absolute atomic E-state index is 0.00908. The summed E-state index contributed by atoms with van der Waals surface area (Å²) in [5.74, 6) is 0.440. The molecule has 7 rings (SSSR count). The number of nitrogens with one attached hydrogen (secondary N) is 1. The summed E-state index contributed by atoms with van der Waals surface area (Å²) in [6, 6.07) is 31.0. The molecule has 8 nitrogen and oxygen atoms in total. The van der Waals surface area contributed by atoms with Crippen molar-refractivity contribution in [1.82, 2.24) is 15.0 Å². The molecule has 1 saturated heterocycles. The Hall–Kier alpha value is -4.19. The zero-order chi connectivity index (χ0) is 30.8. The second-order valence-electron chi connectivity index (χ2n) is 10.9. The van der Waals surface area contributed by atoms with Crippen LogP contribution in [0.25, 0.3) is 21.3 Å². The monoisotopic (exact) mass is 634 g/mol. The highest BCUT2D eigenvalue weighted by Gasteiger charge is 2.38. The lowest BCUT2D eigenvalue weighted by Gasteiger charge is -2.41. The van der Waals surface area contributed by atoms with Gasteiger partial charge < -0.3 is 19.9 Å². The first-order valence-electron chi connectivity index (χ1n) is 14.7. The third kappa shape index (κ3) is 6.47. The minimum Gasteiger partial charge on any atom is -0.392 e. The van der Waals surface area contributed by atoms with E-state index in [4.69, 9.17) is 14.5 Å². The average Bonchev–Trinajstić information content (AvgIpc) is 3.51. The van der Waals surface area contributed by atoms with Crippen molar-refractivity contribution < 1.29 is 19.4 Å². The number of aliphatic hydroxyl groups is 1. The van der Waals surface area contributed by atoms with Gasteiger partial charge in [0.05, 0.1) is 46.3 Å². The summed E-state index contributed by atoms with van der Waals surface area (Å²) in [5, 5.41) is 12.5. The smallest absolute Gasteiger partial charge is 0.275 e. The number of fused-ring (bicyclic) bond motifs is 2. The second kappa shape index (κ2) is 13.0. The van der Waals surface area contributed by atoms with Crippen LogP contribution >= 0.6 is 23.1 Å². The van der Waals surface area contributed by atoms with E-state index in [0.29, 0.717) is 17.0 Å². The number of rotatable bonds is 8. The SMILES string of the molecule is C[C@H]1[C@@H](CSc2nc3ccccc3s2)O[C@@H](c2ccc(NC(=O)c3cnc4ccccc4n3)cc2)O[C@H]1c1ccc(CO)cc1. The lowest BCUT2D eigenvalue weighted by molar-refractivity contribution is -0.268. The Kier molecular flexibility index (Phi) is 8.55. The Labute approximate surface area is 268 Å². The normalized spacial score (nSPS) is 20.0. The van der Waals surface area contributed by atoms with E-state index in [1.165, 1.54) is 10.9 Å². The van der Waals surface area contributed by atoms with Gasteiger partial charge in [0, 0.05) is 22.9 Å². The molecule has 1 aliphatic heterocycles. The van der Waals surface area contributed by atoms with E-state index in [1.807, 2.05) is 91.0 Å². The van der Waals surface area contributed by atoms with Crippen molar-refractivity contribution in [3.8, 4) is 0 Å². The van der Waals surface area contributed by atoms with Crippen molar-refractivity contribution in [2.75, 3.05) is 11.1 Å². The summed E-state index contributed by atoms with van der Waals surface area (Å²) in [6.07, 6.45) is 0.537. The zero-order valence-corrected chi connectivity index (χ0v) is 26.0. The van der Waals surface area contributed by atoms with Gasteiger partial charge in [0.15, 0.2) is 10.6 Å². The number of benzene rings is 4. The lowest BCUT2D eigenvalue weighted by Crippen LogP contribution is -2.38. The van der Waals surface area contributed by atoms with Crippen LogP contribution in [-0.2, 0) is 16.1 Å². The second-order valence-corrected chi connectivity index (χ2v) is 13.2. The molecule has 2 aromatic heterocycles. The van der Waals surface area contributed by atoms with Crippen molar-refractivity contribution in [2.45, 2.75) is 36.4 Å². The first-order chi connectivity index (χ1) is 22.0. The summed E-state index contributed by atoms with van der Waals surface area (Å²) in [7, 11) is 0. The number of anilines is 1. The van der Waals surface area contributed by atoms with E-state index in [-0.39, 0.29) is 36.3 Å². The number of thiazole rings is 1. The maximum absolute atomic E-state index is 12.9. The molecule has 0 radical (unpaired) electrons. The predicted molar refractivity (Wildman–Crippen MR) is 177 cm³/mol. The van der Waals surface area contributed by atoms with Crippen molar-refractivity contribution in [3.05, 3.63) is 126 Å². The average molecular weight is 635 g/mol. The fourth-order valence-corrected chi connectivity index (χ4v) is 7.62. The molecule has 226 valence electrons. The molecule has 3 heterocycles. The number of nitrogens with zero attached hydrogens (tertiary/aromatic N) is 3. The highest BCUT2D eigenvalue weighted by atomic mass is 32.2. The molecule has 0 saturated carbocycles. The van der Waals surface area contributed by atoms with Crippen LogP contribution in [0.5, 0.6) is 0 Å². The third-order valence-electron chi connectivity index (χ3n) is 7.89. The van der Waals surface area contributed by atoms with Crippen LogP contribution in [0.15, 0.2) is 108 Å². The highest BCUT2D eigenvalue weighted by molar-refractivity contribution is 8.01. The summed E-state index contributed by atoms with van der Waals surface area (Å²) in [4.78, 5) is 26.5. The van der Waals surface area contributed by atoms with Crippen molar-refractivity contribution in [1.29, 1.82) is 0 Å². The molecule has 0 aliphatic carbocycles. The van der Waals surface area contributed by atoms with Gasteiger partial charge in [-0.3, -0.25) is 9.78 Å². The number of amides is 1. The molecule has 4 aromatic carbocycles. The first-order valence-corrected chi connectivity index (χ1v) is 16.5. The van der Waals surface area contributed by atoms with Gasteiger partial charge in [-0.1, -0.05) is 79.3 Å². The third-order valence-corrected chi connectivity index (χ3v) is 10.2.